The van der Waals surface area contributed by atoms with Crippen LogP contribution < -0.4 is 11.1 Å². The zero-order valence-corrected chi connectivity index (χ0v) is 13.6. The van der Waals surface area contributed by atoms with Crippen LogP contribution in [0.15, 0.2) is 29.6 Å². The first kappa shape index (κ1) is 15.7. The molecule has 2 rings (SSSR count). The topological polar surface area (TPSA) is 68.0 Å². The van der Waals surface area contributed by atoms with Crippen molar-refractivity contribution in [2.24, 2.45) is 11.1 Å². The summed E-state index contributed by atoms with van der Waals surface area (Å²) >= 11 is 1.62. The molecule has 0 saturated heterocycles. The molecule has 0 unspecified atom stereocenters. The molecule has 0 aliphatic carbocycles. The van der Waals surface area contributed by atoms with Gasteiger partial charge in [0.1, 0.15) is 0 Å². The molecule has 3 N–H and O–H groups in total. The minimum absolute atomic E-state index is 0.167. The third-order valence-corrected chi connectivity index (χ3v) is 4.06. The lowest BCUT2D eigenvalue weighted by Gasteiger charge is -2.25. The Labute approximate surface area is 129 Å². The molecule has 0 bridgehead atoms. The largest absolute Gasteiger partial charge is 0.325 e. The maximum absolute atomic E-state index is 12.1. The maximum Gasteiger partial charge on any atom is 0.241 e. The second-order valence-corrected chi connectivity index (χ2v) is 7.22. The lowest BCUT2D eigenvalue weighted by atomic mass is 9.87. The third kappa shape index (κ3) is 3.89. The molecular formula is C16H21N3OS. The molecule has 0 aliphatic rings. The number of aromatic nitrogens is 1. The number of rotatable bonds is 3. The summed E-state index contributed by atoms with van der Waals surface area (Å²) in [6.07, 6.45) is 0. The summed E-state index contributed by atoms with van der Waals surface area (Å²) in [6.45, 7) is 7.83. The van der Waals surface area contributed by atoms with Gasteiger partial charge in [0.05, 0.1) is 16.7 Å². The number of hydrogen-bond donors (Lipinski definition) is 2. The highest BCUT2D eigenvalue weighted by atomic mass is 32.1. The summed E-state index contributed by atoms with van der Waals surface area (Å²) in [5, 5.41) is 5.92. The van der Waals surface area contributed by atoms with Crippen molar-refractivity contribution >= 4 is 22.9 Å². The van der Waals surface area contributed by atoms with Crippen LogP contribution in [-0.2, 0) is 4.79 Å². The summed E-state index contributed by atoms with van der Waals surface area (Å²) in [7, 11) is 0. The number of aryl methyl sites for hydroxylation is 1. The minimum Gasteiger partial charge on any atom is -0.325 e. The number of nitrogens with two attached hydrogens (primary N) is 1. The Balaban J connectivity index is 2.08. The Morgan fingerprint density at radius 1 is 1.29 bits per heavy atom. The standard InChI is InChI=1S/C16H21N3OS/c1-10-18-13(9-21-10)11-5-7-12(8-6-11)19-15(20)14(17)16(2,3)4/h5-9,14H,17H2,1-4H3,(H,19,20)/t14-/m0/s1. The van der Waals surface area contributed by atoms with Crippen LogP contribution in [0.25, 0.3) is 11.3 Å². The molecule has 1 amide bonds. The number of carbonyl (C=O) groups is 1. The Hall–Kier alpha value is -1.72. The quantitative estimate of drug-likeness (QED) is 0.912. The number of amides is 1. The first-order chi connectivity index (χ1) is 9.77. The lowest BCUT2D eigenvalue weighted by Crippen LogP contribution is -2.45. The highest BCUT2D eigenvalue weighted by Gasteiger charge is 2.27. The van der Waals surface area contributed by atoms with Crippen LogP contribution in [0.4, 0.5) is 5.69 Å². The maximum atomic E-state index is 12.1. The Morgan fingerprint density at radius 3 is 2.38 bits per heavy atom. The first-order valence-corrected chi connectivity index (χ1v) is 7.74. The summed E-state index contributed by atoms with van der Waals surface area (Å²) < 4.78 is 0. The highest BCUT2D eigenvalue weighted by molar-refractivity contribution is 7.09. The third-order valence-electron chi connectivity index (χ3n) is 3.28. The van der Waals surface area contributed by atoms with Crippen LogP contribution in [0, 0.1) is 12.3 Å². The van der Waals surface area contributed by atoms with E-state index in [0.29, 0.717) is 0 Å². The van der Waals surface area contributed by atoms with E-state index >= 15 is 0 Å². The summed E-state index contributed by atoms with van der Waals surface area (Å²) in [5.74, 6) is -0.167. The number of anilines is 1. The van der Waals surface area contributed by atoms with Crippen molar-refractivity contribution in [3.63, 3.8) is 0 Å². The van der Waals surface area contributed by atoms with Gasteiger partial charge in [0.15, 0.2) is 0 Å². The van der Waals surface area contributed by atoms with E-state index in [4.69, 9.17) is 5.73 Å². The Kier molecular flexibility index (Phi) is 4.44. The molecule has 1 aromatic carbocycles. The molecule has 2 aromatic rings. The smallest absolute Gasteiger partial charge is 0.241 e. The fraction of sp³-hybridized carbons (Fsp3) is 0.375. The molecular weight excluding hydrogens is 282 g/mol. The van der Waals surface area contributed by atoms with E-state index in [1.165, 1.54) is 0 Å². The van der Waals surface area contributed by atoms with Gasteiger partial charge in [-0.2, -0.15) is 0 Å². The molecule has 0 radical (unpaired) electrons. The molecule has 112 valence electrons. The highest BCUT2D eigenvalue weighted by Crippen LogP contribution is 2.24. The van der Waals surface area contributed by atoms with Crippen LogP contribution in [0.3, 0.4) is 0 Å². The molecule has 21 heavy (non-hydrogen) atoms. The first-order valence-electron chi connectivity index (χ1n) is 6.86. The zero-order valence-electron chi connectivity index (χ0n) is 12.8. The molecule has 1 atom stereocenters. The van der Waals surface area contributed by atoms with E-state index in [9.17, 15) is 4.79 Å². The molecule has 1 aromatic heterocycles. The predicted molar refractivity (Wildman–Crippen MR) is 88.3 cm³/mol. The van der Waals surface area contributed by atoms with Gasteiger partial charge in [-0.3, -0.25) is 4.79 Å². The van der Waals surface area contributed by atoms with Crippen molar-refractivity contribution in [1.29, 1.82) is 0 Å². The fourth-order valence-electron chi connectivity index (χ4n) is 1.83. The lowest BCUT2D eigenvalue weighted by molar-refractivity contribution is -0.119. The van der Waals surface area contributed by atoms with Crippen LogP contribution in [0.2, 0.25) is 0 Å². The van der Waals surface area contributed by atoms with Crippen LogP contribution in [0.5, 0.6) is 0 Å². The van der Waals surface area contributed by atoms with Gasteiger partial charge < -0.3 is 11.1 Å². The van der Waals surface area contributed by atoms with Crippen molar-refractivity contribution in [2.45, 2.75) is 33.7 Å². The second-order valence-electron chi connectivity index (χ2n) is 6.16. The number of benzene rings is 1. The van der Waals surface area contributed by atoms with E-state index < -0.39 is 6.04 Å². The van der Waals surface area contributed by atoms with Crippen molar-refractivity contribution in [3.8, 4) is 11.3 Å². The van der Waals surface area contributed by atoms with Crippen molar-refractivity contribution in [2.75, 3.05) is 5.32 Å². The van der Waals surface area contributed by atoms with Gasteiger partial charge in [-0.25, -0.2) is 4.98 Å². The van der Waals surface area contributed by atoms with Gasteiger partial charge in [-0.05, 0) is 24.5 Å². The second kappa shape index (κ2) is 5.95. The normalized spacial score (nSPS) is 13.0. The average Bonchev–Trinajstić information content (AvgIpc) is 2.84. The van der Waals surface area contributed by atoms with Crippen molar-refractivity contribution in [1.82, 2.24) is 4.98 Å². The Bertz CT molecular complexity index is 626. The molecule has 0 saturated carbocycles. The van der Waals surface area contributed by atoms with E-state index in [0.717, 1.165) is 22.0 Å². The van der Waals surface area contributed by atoms with Crippen molar-refractivity contribution in [3.05, 3.63) is 34.7 Å². The number of nitrogens with zero attached hydrogens (tertiary/aromatic N) is 1. The summed E-state index contributed by atoms with van der Waals surface area (Å²) in [4.78, 5) is 16.5. The van der Waals surface area contributed by atoms with Gasteiger partial charge in [-0.1, -0.05) is 32.9 Å². The van der Waals surface area contributed by atoms with Gasteiger partial charge in [-0.15, -0.1) is 11.3 Å². The summed E-state index contributed by atoms with van der Waals surface area (Å²) in [6, 6.07) is 7.10. The molecule has 0 aliphatic heterocycles. The Morgan fingerprint density at radius 2 is 1.90 bits per heavy atom. The number of nitrogens with one attached hydrogen (secondary N) is 1. The minimum atomic E-state index is -0.543. The van der Waals surface area contributed by atoms with E-state index in [-0.39, 0.29) is 11.3 Å². The molecule has 1 heterocycles. The van der Waals surface area contributed by atoms with Gasteiger partial charge in [0.2, 0.25) is 5.91 Å². The molecule has 0 fully saturated rings. The number of hydrogen-bond acceptors (Lipinski definition) is 4. The van der Waals surface area contributed by atoms with Gasteiger partial charge >= 0.3 is 0 Å². The number of thiazole rings is 1. The van der Waals surface area contributed by atoms with Crippen LogP contribution in [-0.4, -0.2) is 16.9 Å². The zero-order chi connectivity index (χ0) is 15.6. The molecule has 0 spiro atoms. The summed E-state index contributed by atoms with van der Waals surface area (Å²) in [5.41, 5.74) is 8.43. The van der Waals surface area contributed by atoms with Crippen molar-refractivity contribution < 1.29 is 4.79 Å². The monoisotopic (exact) mass is 303 g/mol. The fourth-order valence-corrected chi connectivity index (χ4v) is 2.46. The SMILES string of the molecule is Cc1nc(-c2ccc(NC(=O)[C@H](N)C(C)(C)C)cc2)cs1. The van der Waals surface area contributed by atoms with Gasteiger partial charge in [0, 0.05) is 16.6 Å². The number of carbonyl (C=O) groups excluding carboxylic acids is 1. The van der Waals surface area contributed by atoms with Gasteiger partial charge in [0.25, 0.3) is 0 Å². The molecule has 5 heteroatoms. The molecule has 4 nitrogen and oxygen atoms in total. The predicted octanol–water partition coefficient (Wildman–Crippen LogP) is 3.43. The average molecular weight is 303 g/mol. The van der Waals surface area contributed by atoms with Crippen LogP contribution >= 0.6 is 11.3 Å². The van der Waals surface area contributed by atoms with E-state index in [1.54, 1.807) is 11.3 Å². The van der Waals surface area contributed by atoms with Crippen LogP contribution in [0.1, 0.15) is 25.8 Å². The van der Waals surface area contributed by atoms with E-state index in [1.807, 2.05) is 57.3 Å². The van der Waals surface area contributed by atoms with E-state index in [2.05, 4.69) is 10.3 Å².